The fourth-order valence-corrected chi connectivity index (χ4v) is 5.42. The molecule has 4 aromatic carbocycles. The maximum atomic E-state index is 4.18. The zero-order chi connectivity index (χ0) is 29.0. The monoisotopic (exact) mass is 525 g/mol. The lowest BCUT2D eigenvalue weighted by Gasteiger charge is -2.26. The van der Waals surface area contributed by atoms with E-state index in [1.807, 2.05) is 14.0 Å². The Kier molecular flexibility index (Phi) is 8.64. The van der Waals surface area contributed by atoms with Gasteiger partial charge in [-0.3, -0.25) is 0 Å². The zero-order valence-corrected chi connectivity index (χ0v) is 25.1. The standard InChI is InChI=1S/C39H43N/c1-26(2)35-20-14-31(24-37(35)28(5)6)22-29-10-16-33(17-11-29)39(7,8)34-18-12-30(13-19-34)23-32-15-21-36(27(3)4)38(25-32)40-9/h10-21,24-25,40H,1,3,5,22-23H2,2,4,6-9H3. The summed E-state index contributed by atoms with van der Waals surface area (Å²) in [6.45, 7) is 23.2. The number of rotatable bonds is 10. The minimum absolute atomic E-state index is 0.0875. The second-order valence-electron chi connectivity index (χ2n) is 11.7. The Bertz CT molecular complexity index is 1550. The topological polar surface area (TPSA) is 12.0 Å². The normalized spacial score (nSPS) is 11.2. The van der Waals surface area contributed by atoms with Crippen LogP contribution in [0, 0.1) is 0 Å². The quantitative estimate of drug-likeness (QED) is 0.217. The number of anilines is 1. The molecule has 1 heteroatoms. The minimum Gasteiger partial charge on any atom is -0.388 e. The first-order valence-electron chi connectivity index (χ1n) is 14.1. The summed E-state index contributed by atoms with van der Waals surface area (Å²) in [5.74, 6) is 0. The molecule has 0 spiro atoms. The average Bonchev–Trinajstić information content (AvgIpc) is 2.93. The van der Waals surface area contributed by atoms with E-state index in [0.29, 0.717) is 0 Å². The van der Waals surface area contributed by atoms with Crippen molar-refractivity contribution in [3.63, 3.8) is 0 Å². The molecule has 0 radical (unpaired) electrons. The lowest BCUT2D eigenvalue weighted by molar-refractivity contribution is 0.640. The van der Waals surface area contributed by atoms with Crippen molar-refractivity contribution in [3.05, 3.63) is 155 Å². The predicted molar refractivity (Wildman–Crippen MR) is 177 cm³/mol. The van der Waals surface area contributed by atoms with Gasteiger partial charge in [-0.2, -0.15) is 0 Å². The van der Waals surface area contributed by atoms with Crippen molar-refractivity contribution in [1.29, 1.82) is 0 Å². The van der Waals surface area contributed by atoms with Gasteiger partial charge >= 0.3 is 0 Å². The summed E-state index contributed by atoms with van der Waals surface area (Å²) in [7, 11) is 1.97. The van der Waals surface area contributed by atoms with E-state index >= 15 is 0 Å². The Balaban J connectivity index is 1.48. The van der Waals surface area contributed by atoms with E-state index < -0.39 is 0 Å². The van der Waals surface area contributed by atoms with Crippen LogP contribution in [0.1, 0.15) is 84.7 Å². The van der Waals surface area contributed by atoms with E-state index in [1.54, 1.807) is 0 Å². The molecule has 0 aliphatic carbocycles. The predicted octanol–water partition coefficient (Wildman–Crippen LogP) is 10.3. The SMILES string of the molecule is C=C(C)c1ccc(Cc2ccc(C(C)(C)c3ccc(Cc4ccc(C(=C)C)c(C(=C)C)c4)cc3)cc2)cc1NC. The van der Waals surface area contributed by atoms with Crippen LogP contribution in [0.2, 0.25) is 0 Å². The molecular weight excluding hydrogens is 482 g/mol. The fraction of sp³-hybridized carbons (Fsp3) is 0.231. The van der Waals surface area contributed by atoms with E-state index in [4.69, 9.17) is 0 Å². The first kappa shape index (κ1) is 28.9. The van der Waals surface area contributed by atoms with Gasteiger partial charge in [-0.15, -0.1) is 0 Å². The number of allylic oxidation sites excluding steroid dienone is 3. The van der Waals surface area contributed by atoms with Crippen LogP contribution in [0.25, 0.3) is 16.7 Å². The molecule has 40 heavy (non-hydrogen) atoms. The first-order chi connectivity index (χ1) is 19.0. The highest BCUT2D eigenvalue weighted by Crippen LogP contribution is 2.33. The van der Waals surface area contributed by atoms with E-state index in [-0.39, 0.29) is 5.41 Å². The summed E-state index contributed by atoms with van der Waals surface area (Å²) < 4.78 is 0. The molecule has 0 saturated heterocycles. The third kappa shape index (κ3) is 6.37. The van der Waals surface area contributed by atoms with Crippen LogP contribution in [-0.4, -0.2) is 7.05 Å². The van der Waals surface area contributed by atoms with E-state index in [9.17, 15) is 0 Å². The average molecular weight is 526 g/mol. The van der Waals surface area contributed by atoms with Crippen LogP contribution in [0.4, 0.5) is 5.69 Å². The third-order valence-corrected chi connectivity index (χ3v) is 7.98. The Labute approximate surface area is 242 Å². The summed E-state index contributed by atoms with van der Waals surface area (Å²) in [5, 5.41) is 3.31. The second kappa shape index (κ2) is 12.0. The van der Waals surface area contributed by atoms with Gasteiger partial charge in [-0.05, 0) is 95.3 Å². The van der Waals surface area contributed by atoms with E-state index in [2.05, 4.69) is 138 Å². The van der Waals surface area contributed by atoms with Crippen LogP contribution in [0.5, 0.6) is 0 Å². The number of nitrogens with one attached hydrogen (secondary N) is 1. The molecule has 0 fully saturated rings. The lowest BCUT2D eigenvalue weighted by atomic mass is 9.77. The summed E-state index contributed by atoms with van der Waals surface area (Å²) in [6, 6.07) is 31.5. The molecule has 0 aliphatic rings. The molecular formula is C39H43N. The summed E-state index contributed by atoms with van der Waals surface area (Å²) in [5.41, 5.74) is 15.7. The van der Waals surface area contributed by atoms with E-state index in [1.165, 1.54) is 50.1 Å². The van der Waals surface area contributed by atoms with Crippen LogP contribution >= 0.6 is 0 Å². The smallest absolute Gasteiger partial charge is 0.0416 e. The van der Waals surface area contributed by atoms with Crippen molar-refractivity contribution >= 4 is 22.4 Å². The van der Waals surface area contributed by atoms with E-state index in [0.717, 1.165) is 35.2 Å². The van der Waals surface area contributed by atoms with Crippen LogP contribution in [0.3, 0.4) is 0 Å². The molecule has 0 amide bonds. The summed E-state index contributed by atoms with van der Waals surface area (Å²) in [6.07, 6.45) is 1.80. The third-order valence-electron chi connectivity index (χ3n) is 7.98. The molecule has 204 valence electrons. The van der Waals surface area contributed by atoms with Gasteiger partial charge in [0.2, 0.25) is 0 Å². The second-order valence-corrected chi connectivity index (χ2v) is 11.7. The molecule has 0 unspecified atom stereocenters. The van der Waals surface area contributed by atoms with Crippen molar-refractivity contribution < 1.29 is 0 Å². The van der Waals surface area contributed by atoms with Crippen molar-refractivity contribution in [2.24, 2.45) is 0 Å². The molecule has 4 rings (SSSR count). The number of hydrogen-bond donors (Lipinski definition) is 1. The molecule has 0 saturated carbocycles. The fourth-order valence-electron chi connectivity index (χ4n) is 5.42. The Morgan fingerprint density at radius 2 is 0.950 bits per heavy atom. The van der Waals surface area contributed by atoms with Gasteiger partial charge in [-0.25, -0.2) is 0 Å². The maximum Gasteiger partial charge on any atom is 0.0416 e. The summed E-state index contributed by atoms with van der Waals surface area (Å²) >= 11 is 0. The minimum atomic E-state index is -0.0875. The molecule has 1 N–H and O–H groups in total. The summed E-state index contributed by atoms with van der Waals surface area (Å²) in [4.78, 5) is 0. The lowest BCUT2D eigenvalue weighted by Crippen LogP contribution is -2.18. The van der Waals surface area contributed by atoms with Crippen LogP contribution in [-0.2, 0) is 18.3 Å². The van der Waals surface area contributed by atoms with Crippen molar-refractivity contribution in [3.8, 4) is 0 Å². The van der Waals surface area contributed by atoms with Crippen LogP contribution < -0.4 is 5.32 Å². The van der Waals surface area contributed by atoms with Crippen LogP contribution in [0.15, 0.2) is 105 Å². The van der Waals surface area contributed by atoms with Gasteiger partial charge in [0.25, 0.3) is 0 Å². The molecule has 0 aromatic heterocycles. The first-order valence-corrected chi connectivity index (χ1v) is 14.1. The number of benzene rings is 4. The Morgan fingerprint density at radius 3 is 1.38 bits per heavy atom. The van der Waals surface area contributed by atoms with Gasteiger partial charge in [0.05, 0.1) is 0 Å². The van der Waals surface area contributed by atoms with Crippen molar-refractivity contribution in [1.82, 2.24) is 0 Å². The Morgan fingerprint density at radius 1 is 0.550 bits per heavy atom. The van der Waals surface area contributed by atoms with Gasteiger partial charge in [-0.1, -0.05) is 124 Å². The molecule has 0 atom stereocenters. The molecule has 0 aliphatic heterocycles. The highest BCUT2D eigenvalue weighted by molar-refractivity contribution is 5.77. The van der Waals surface area contributed by atoms with Gasteiger partial charge in [0.1, 0.15) is 0 Å². The maximum absolute atomic E-state index is 4.18. The van der Waals surface area contributed by atoms with Crippen molar-refractivity contribution in [2.45, 2.75) is 52.9 Å². The van der Waals surface area contributed by atoms with Gasteiger partial charge in [0.15, 0.2) is 0 Å². The van der Waals surface area contributed by atoms with Gasteiger partial charge in [0, 0.05) is 18.2 Å². The van der Waals surface area contributed by atoms with Crippen molar-refractivity contribution in [2.75, 3.05) is 12.4 Å². The highest BCUT2D eigenvalue weighted by atomic mass is 14.8. The highest BCUT2D eigenvalue weighted by Gasteiger charge is 2.23. The molecule has 0 bridgehead atoms. The largest absolute Gasteiger partial charge is 0.388 e. The molecule has 0 heterocycles. The number of hydrogen-bond acceptors (Lipinski definition) is 1. The molecule has 1 nitrogen and oxygen atoms in total. The zero-order valence-electron chi connectivity index (χ0n) is 25.1. The van der Waals surface area contributed by atoms with Gasteiger partial charge < -0.3 is 5.32 Å². The molecule has 4 aromatic rings. The Hall–Kier alpha value is -4.10.